The topological polar surface area (TPSA) is 84.6 Å². The fourth-order valence-electron chi connectivity index (χ4n) is 1.12. The maximum absolute atomic E-state index is 11.4. The van der Waals surface area contributed by atoms with Gasteiger partial charge in [0.25, 0.3) is 5.91 Å². The van der Waals surface area contributed by atoms with Crippen molar-refractivity contribution < 1.29 is 14.6 Å². The second-order valence-corrected chi connectivity index (χ2v) is 2.90. The van der Waals surface area contributed by atoms with E-state index in [4.69, 9.17) is 15.6 Å². The number of benzene rings is 1. The zero-order chi connectivity index (χ0) is 11.3. The minimum Gasteiger partial charge on any atom is -0.491 e. The molecule has 82 valence electrons. The van der Waals surface area contributed by atoms with Gasteiger partial charge in [0, 0.05) is 12.7 Å². The molecule has 0 bridgehead atoms. The molecule has 0 atom stereocenters. The van der Waals surface area contributed by atoms with Crippen molar-refractivity contribution in [2.45, 2.75) is 0 Å². The highest BCUT2D eigenvalue weighted by Gasteiger charge is 2.08. The molecule has 0 saturated carbocycles. The van der Waals surface area contributed by atoms with Crippen LogP contribution in [0.2, 0.25) is 0 Å². The van der Waals surface area contributed by atoms with Gasteiger partial charge in [-0.1, -0.05) is 0 Å². The molecule has 5 heteroatoms. The van der Waals surface area contributed by atoms with E-state index in [0.717, 1.165) is 0 Å². The monoisotopic (exact) mass is 210 g/mol. The molecule has 0 saturated heterocycles. The van der Waals surface area contributed by atoms with Gasteiger partial charge in [0.1, 0.15) is 12.4 Å². The van der Waals surface area contributed by atoms with Crippen LogP contribution in [0.3, 0.4) is 0 Å². The first-order valence-electron chi connectivity index (χ1n) is 4.54. The zero-order valence-electron chi connectivity index (χ0n) is 8.49. The Morgan fingerprint density at radius 1 is 1.60 bits per heavy atom. The number of anilines is 1. The standard InChI is InChI=1S/C10H14N2O3/c1-12-10(14)8-6-7(15-5-4-13)2-3-9(8)11/h2-3,6,13H,4-5,11H2,1H3,(H,12,14). The van der Waals surface area contributed by atoms with Crippen LogP contribution in [0.1, 0.15) is 10.4 Å². The average Bonchev–Trinajstić information content (AvgIpc) is 2.27. The Bertz CT molecular complexity index is 353. The van der Waals surface area contributed by atoms with Crippen molar-refractivity contribution in [1.29, 1.82) is 0 Å². The maximum Gasteiger partial charge on any atom is 0.253 e. The van der Waals surface area contributed by atoms with Crippen LogP contribution in [0.15, 0.2) is 18.2 Å². The lowest BCUT2D eigenvalue weighted by molar-refractivity contribution is 0.0963. The van der Waals surface area contributed by atoms with E-state index >= 15 is 0 Å². The molecule has 0 heterocycles. The van der Waals surface area contributed by atoms with E-state index in [-0.39, 0.29) is 19.1 Å². The number of nitrogen functional groups attached to an aromatic ring is 1. The largest absolute Gasteiger partial charge is 0.491 e. The normalized spacial score (nSPS) is 9.73. The lowest BCUT2D eigenvalue weighted by Crippen LogP contribution is -2.19. The number of aliphatic hydroxyl groups is 1. The predicted molar refractivity (Wildman–Crippen MR) is 56.8 cm³/mol. The number of carbonyl (C=O) groups is 1. The van der Waals surface area contributed by atoms with Crippen LogP contribution in [0.5, 0.6) is 5.75 Å². The summed E-state index contributed by atoms with van der Waals surface area (Å²) < 4.78 is 5.16. The summed E-state index contributed by atoms with van der Waals surface area (Å²) in [5, 5.41) is 11.1. The van der Waals surface area contributed by atoms with E-state index in [0.29, 0.717) is 17.0 Å². The van der Waals surface area contributed by atoms with Gasteiger partial charge in [0.15, 0.2) is 0 Å². The fraction of sp³-hybridized carbons (Fsp3) is 0.300. The number of rotatable bonds is 4. The summed E-state index contributed by atoms with van der Waals surface area (Å²) in [6.07, 6.45) is 0. The van der Waals surface area contributed by atoms with Gasteiger partial charge < -0.3 is 20.9 Å². The van der Waals surface area contributed by atoms with Crippen LogP contribution in [0.25, 0.3) is 0 Å². The van der Waals surface area contributed by atoms with E-state index in [1.807, 2.05) is 0 Å². The van der Waals surface area contributed by atoms with Crippen molar-refractivity contribution >= 4 is 11.6 Å². The molecule has 1 rings (SSSR count). The molecule has 15 heavy (non-hydrogen) atoms. The molecule has 1 aromatic rings. The van der Waals surface area contributed by atoms with Gasteiger partial charge >= 0.3 is 0 Å². The Morgan fingerprint density at radius 2 is 2.33 bits per heavy atom. The summed E-state index contributed by atoms with van der Waals surface area (Å²) in [4.78, 5) is 11.4. The van der Waals surface area contributed by atoms with Crippen LogP contribution >= 0.6 is 0 Å². The SMILES string of the molecule is CNC(=O)c1cc(OCCO)ccc1N. The molecular weight excluding hydrogens is 196 g/mol. The third kappa shape index (κ3) is 2.85. The van der Waals surface area contributed by atoms with E-state index in [9.17, 15) is 4.79 Å². The van der Waals surface area contributed by atoms with Crippen LogP contribution in [0.4, 0.5) is 5.69 Å². The third-order valence-electron chi connectivity index (χ3n) is 1.86. The number of hydrogen-bond acceptors (Lipinski definition) is 4. The molecular formula is C10H14N2O3. The molecule has 0 aromatic heterocycles. The lowest BCUT2D eigenvalue weighted by Gasteiger charge is -2.08. The summed E-state index contributed by atoms with van der Waals surface area (Å²) in [5.41, 5.74) is 6.39. The summed E-state index contributed by atoms with van der Waals surface area (Å²) in [6, 6.07) is 4.79. The number of hydrogen-bond donors (Lipinski definition) is 3. The molecule has 4 N–H and O–H groups in total. The fourth-order valence-corrected chi connectivity index (χ4v) is 1.12. The van der Waals surface area contributed by atoms with E-state index < -0.39 is 0 Å². The molecule has 0 aliphatic heterocycles. The lowest BCUT2D eigenvalue weighted by atomic mass is 10.1. The van der Waals surface area contributed by atoms with Crippen molar-refractivity contribution in [2.75, 3.05) is 26.0 Å². The van der Waals surface area contributed by atoms with Gasteiger partial charge in [-0.15, -0.1) is 0 Å². The van der Waals surface area contributed by atoms with Crippen molar-refractivity contribution in [3.05, 3.63) is 23.8 Å². The minimum absolute atomic E-state index is 0.0698. The van der Waals surface area contributed by atoms with Gasteiger partial charge in [-0.05, 0) is 18.2 Å². The van der Waals surface area contributed by atoms with E-state index in [1.54, 1.807) is 18.2 Å². The molecule has 1 aromatic carbocycles. The molecule has 5 nitrogen and oxygen atoms in total. The molecule has 0 aliphatic rings. The number of nitrogens with one attached hydrogen (secondary N) is 1. The summed E-state index contributed by atoms with van der Waals surface area (Å²) >= 11 is 0. The van der Waals surface area contributed by atoms with E-state index in [2.05, 4.69) is 5.32 Å². The van der Waals surface area contributed by atoms with Crippen LogP contribution in [0, 0.1) is 0 Å². The quantitative estimate of drug-likeness (QED) is 0.611. The van der Waals surface area contributed by atoms with Crippen molar-refractivity contribution in [1.82, 2.24) is 5.32 Å². The van der Waals surface area contributed by atoms with Gasteiger partial charge in [-0.25, -0.2) is 0 Å². The number of ether oxygens (including phenoxy) is 1. The molecule has 0 fully saturated rings. The first-order chi connectivity index (χ1) is 7.19. The Morgan fingerprint density at radius 3 is 2.93 bits per heavy atom. The smallest absolute Gasteiger partial charge is 0.253 e. The van der Waals surface area contributed by atoms with Crippen LogP contribution < -0.4 is 15.8 Å². The molecule has 0 unspecified atom stereocenters. The van der Waals surface area contributed by atoms with Gasteiger partial charge in [-0.2, -0.15) is 0 Å². The number of nitrogens with two attached hydrogens (primary N) is 1. The van der Waals surface area contributed by atoms with Crippen molar-refractivity contribution in [3.8, 4) is 5.75 Å². The van der Waals surface area contributed by atoms with Crippen molar-refractivity contribution in [3.63, 3.8) is 0 Å². The average molecular weight is 210 g/mol. The van der Waals surface area contributed by atoms with E-state index in [1.165, 1.54) is 7.05 Å². The van der Waals surface area contributed by atoms with Crippen LogP contribution in [-0.4, -0.2) is 31.3 Å². The zero-order valence-corrected chi connectivity index (χ0v) is 8.49. The number of amides is 1. The van der Waals surface area contributed by atoms with Crippen LogP contribution in [-0.2, 0) is 0 Å². The maximum atomic E-state index is 11.4. The Kier molecular flexibility index (Phi) is 3.93. The molecule has 0 spiro atoms. The summed E-state index contributed by atoms with van der Waals surface area (Å²) in [5.74, 6) is 0.249. The van der Waals surface area contributed by atoms with Gasteiger partial charge in [-0.3, -0.25) is 4.79 Å². The second kappa shape index (κ2) is 5.21. The Labute approximate surface area is 87.9 Å². The highest BCUT2D eigenvalue weighted by molar-refractivity contribution is 5.99. The minimum atomic E-state index is -0.262. The first kappa shape index (κ1) is 11.3. The predicted octanol–water partition coefficient (Wildman–Crippen LogP) is -0.000500. The highest BCUT2D eigenvalue weighted by atomic mass is 16.5. The molecule has 1 amide bonds. The number of carbonyl (C=O) groups excluding carboxylic acids is 1. The molecule has 0 radical (unpaired) electrons. The van der Waals surface area contributed by atoms with Gasteiger partial charge in [0.05, 0.1) is 12.2 Å². The number of aliphatic hydroxyl groups excluding tert-OH is 1. The Hall–Kier alpha value is -1.75. The summed E-state index contributed by atoms with van der Waals surface area (Å²) in [7, 11) is 1.53. The highest BCUT2D eigenvalue weighted by Crippen LogP contribution is 2.19. The van der Waals surface area contributed by atoms with Gasteiger partial charge in [0.2, 0.25) is 0 Å². The second-order valence-electron chi connectivity index (χ2n) is 2.90. The molecule has 0 aliphatic carbocycles. The first-order valence-corrected chi connectivity index (χ1v) is 4.54. The third-order valence-corrected chi connectivity index (χ3v) is 1.86. The Balaban J connectivity index is 2.89. The summed E-state index contributed by atoms with van der Waals surface area (Å²) in [6.45, 7) is 0.122. The van der Waals surface area contributed by atoms with Crippen molar-refractivity contribution in [2.24, 2.45) is 0 Å².